The number of carboxylic acids is 1. The van der Waals surface area contributed by atoms with E-state index in [1.807, 2.05) is 24.0 Å². The number of benzene rings is 3. The van der Waals surface area contributed by atoms with Crippen LogP contribution in [0.5, 0.6) is 0 Å². The van der Waals surface area contributed by atoms with Crippen LogP contribution in [0.25, 0.3) is 17.2 Å². The largest absolute Gasteiger partial charge is 0.478 e. The first-order valence-electron chi connectivity index (χ1n) is 12.9. The fourth-order valence-electron chi connectivity index (χ4n) is 5.52. The van der Waals surface area contributed by atoms with Crippen molar-refractivity contribution in [1.82, 2.24) is 4.90 Å². The first-order chi connectivity index (χ1) is 18.3. The Morgan fingerprint density at radius 1 is 1.00 bits per heavy atom. The highest BCUT2D eigenvalue weighted by atomic mass is 19.3. The zero-order valence-electron chi connectivity index (χ0n) is 21.3. The van der Waals surface area contributed by atoms with Crippen molar-refractivity contribution in [2.45, 2.75) is 39.0 Å². The molecule has 1 heterocycles. The van der Waals surface area contributed by atoms with Crippen LogP contribution in [0, 0.1) is 12.7 Å². The van der Waals surface area contributed by atoms with Crippen molar-refractivity contribution in [3.63, 3.8) is 0 Å². The second kappa shape index (κ2) is 11.0. The molecule has 0 amide bonds. The van der Waals surface area contributed by atoms with E-state index in [4.69, 9.17) is 0 Å². The fraction of sp³-hybridized carbons (Fsp3) is 0.281. The highest BCUT2D eigenvalue weighted by Gasteiger charge is 2.23. The van der Waals surface area contributed by atoms with Crippen molar-refractivity contribution in [1.29, 1.82) is 0 Å². The lowest BCUT2D eigenvalue weighted by Crippen LogP contribution is -2.40. The lowest BCUT2D eigenvalue weighted by molar-refractivity contribution is 0.0696. The molecule has 0 aromatic heterocycles. The summed E-state index contributed by atoms with van der Waals surface area (Å²) < 4.78 is 38.8. The quantitative estimate of drug-likeness (QED) is 0.353. The van der Waals surface area contributed by atoms with E-state index >= 15 is 0 Å². The Morgan fingerprint density at radius 3 is 2.42 bits per heavy atom. The number of fused-ring (bicyclic) bond motifs is 1. The standard InChI is InChI=1S/C32H30F3NO2/c1-20-15-26(33)10-12-27(20)29-4-2-3-24-17-25(32(37)38)9-11-28(24)31(29)23-7-5-21(6-8-23)16-22-18-36(19-22)14-13-30(34)35/h5-12,15-17,30H,2-4,13-14,18-19H2,1H3,(H,37,38). The summed E-state index contributed by atoms with van der Waals surface area (Å²) in [5.41, 5.74) is 9.60. The number of carboxylic acid groups (broad SMARTS) is 1. The number of likely N-dealkylation sites (tertiary alicyclic amines) is 1. The Morgan fingerprint density at radius 2 is 1.74 bits per heavy atom. The lowest BCUT2D eigenvalue weighted by atomic mass is 9.86. The van der Waals surface area contributed by atoms with Gasteiger partial charge in [0.15, 0.2) is 0 Å². The third-order valence-corrected chi connectivity index (χ3v) is 7.40. The second-order valence-electron chi connectivity index (χ2n) is 10.2. The highest BCUT2D eigenvalue weighted by Crippen LogP contribution is 2.41. The molecule has 1 aliphatic carbocycles. The molecule has 0 unspecified atom stereocenters. The molecule has 0 saturated carbocycles. The fourth-order valence-corrected chi connectivity index (χ4v) is 5.52. The van der Waals surface area contributed by atoms with Crippen LogP contribution in [0.4, 0.5) is 13.2 Å². The molecule has 1 fully saturated rings. The third kappa shape index (κ3) is 5.60. The molecule has 1 aliphatic heterocycles. The van der Waals surface area contributed by atoms with Crippen molar-refractivity contribution in [2.24, 2.45) is 0 Å². The number of hydrogen-bond acceptors (Lipinski definition) is 2. The molecule has 0 atom stereocenters. The summed E-state index contributed by atoms with van der Waals surface area (Å²) in [6.07, 6.45) is 2.16. The number of rotatable bonds is 7. The van der Waals surface area contributed by atoms with E-state index in [9.17, 15) is 23.1 Å². The van der Waals surface area contributed by atoms with E-state index in [1.165, 1.54) is 11.6 Å². The molecular weight excluding hydrogens is 487 g/mol. The monoisotopic (exact) mass is 517 g/mol. The van der Waals surface area contributed by atoms with Gasteiger partial charge in [0.05, 0.1) is 5.56 Å². The molecule has 1 N–H and O–H groups in total. The molecule has 3 aromatic rings. The van der Waals surface area contributed by atoms with Gasteiger partial charge in [0, 0.05) is 26.1 Å². The van der Waals surface area contributed by atoms with Crippen LogP contribution >= 0.6 is 0 Å². The molecular formula is C32H30F3NO2. The molecule has 5 rings (SSSR count). The molecule has 0 spiro atoms. The van der Waals surface area contributed by atoms with Crippen LogP contribution in [-0.4, -0.2) is 42.0 Å². The summed E-state index contributed by atoms with van der Waals surface area (Å²) in [7, 11) is 0. The summed E-state index contributed by atoms with van der Waals surface area (Å²) in [5.74, 6) is -1.21. The molecule has 1 saturated heterocycles. The first-order valence-corrected chi connectivity index (χ1v) is 12.9. The molecule has 6 heteroatoms. The number of halogens is 3. The minimum absolute atomic E-state index is 0.0949. The topological polar surface area (TPSA) is 40.5 Å². The summed E-state index contributed by atoms with van der Waals surface area (Å²) in [5, 5.41) is 9.54. The maximum atomic E-state index is 13.9. The molecule has 3 aromatic carbocycles. The second-order valence-corrected chi connectivity index (χ2v) is 10.2. The zero-order valence-corrected chi connectivity index (χ0v) is 21.3. The van der Waals surface area contributed by atoms with Crippen LogP contribution in [0.3, 0.4) is 0 Å². The molecule has 3 nitrogen and oxygen atoms in total. The van der Waals surface area contributed by atoms with Gasteiger partial charge >= 0.3 is 5.97 Å². The molecule has 2 aliphatic rings. The van der Waals surface area contributed by atoms with Crippen molar-refractivity contribution >= 4 is 23.2 Å². The summed E-state index contributed by atoms with van der Waals surface area (Å²) >= 11 is 0. The van der Waals surface area contributed by atoms with Crippen LogP contribution in [0.1, 0.15) is 63.0 Å². The van der Waals surface area contributed by atoms with Crippen LogP contribution in [0.2, 0.25) is 0 Å². The van der Waals surface area contributed by atoms with Crippen molar-refractivity contribution in [3.8, 4) is 0 Å². The number of nitrogens with zero attached hydrogens (tertiary/aromatic N) is 1. The van der Waals surface area contributed by atoms with E-state index in [0.717, 1.165) is 63.8 Å². The highest BCUT2D eigenvalue weighted by molar-refractivity contribution is 6.01. The average Bonchev–Trinajstić information content (AvgIpc) is 3.04. The van der Waals surface area contributed by atoms with Gasteiger partial charge in [-0.15, -0.1) is 0 Å². The van der Waals surface area contributed by atoms with E-state index in [0.29, 0.717) is 19.6 Å². The number of hydrogen-bond donors (Lipinski definition) is 1. The van der Waals surface area contributed by atoms with Gasteiger partial charge in [0.2, 0.25) is 6.43 Å². The van der Waals surface area contributed by atoms with Crippen LogP contribution < -0.4 is 0 Å². The predicted molar refractivity (Wildman–Crippen MR) is 145 cm³/mol. The first kappa shape index (κ1) is 26.0. The minimum Gasteiger partial charge on any atom is -0.478 e. The smallest absolute Gasteiger partial charge is 0.335 e. The van der Waals surface area contributed by atoms with Crippen molar-refractivity contribution in [3.05, 3.63) is 111 Å². The summed E-state index contributed by atoms with van der Waals surface area (Å²) in [6, 6.07) is 18.5. The van der Waals surface area contributed by atoms with Crippen LogP contribution in [0.15, 0.2) is 66.2 Å². The Hall–Kier alpha value is -3.64. The zero-order chi connectivity index (χ0) is 26.8. The van der Waals surface area contributed by atoms with E-state index in [-0.39, 0.29) is 17.8 Å². The molecule has 0 bridgehead atoms. The van der Waals surface area contributed by atoms with E-state index in [2.05, 4.69) is 30.3 Å². The minimum atomic E-state index is -2.27. The van der Waals surface area contributed by atoms with Gasteiger partial charge in [-0.1, -0.05) is 42.5 Å². The SMILES string of the molecule is Cc1cc(F)ccc1C1=C(c2ccc(C=C3CN(CCC(F)F)C3)cc2)c2ccc(C(=O)O)cc2CCC1. The van der Waals surface area contributed by atoms with Crippen molar-refractivity contribution in [2.75, 3.05) is 19.6 Å². The van der Waals surface area contributed by atoms with Gasteiger partial charge in [-0.25, -0.2) is 18.0 Å². The Balaban J connectivity index is 1.52. The van der Waals surface area contributed by atoms with Gasteiger partial charge in [0.1, 0.15) is 5.82 Å². The Kier molecular flexibility index (Phi) is 7.52. The maximum absolute atomic E-state index is 13.9. The van der Waals surface area contributed by atoms with Gasteiger partial charge in [-0.3, -0.25) is 4.90 Å². The number of aryl methyl sites for hydroxylation is 2. The predicted octanol–water partition coefficient (Wildman–Crippen LogP) is 7.48. The number of allylic oxidation sites excluding steroid dienone is 1. The Labute approximate surface area is 220 Å². The molecule has 0 radical (unpaired) electrons. The lowest BCUT2D eigenvalue weighted by Gasteiger charge is -2.34. The van der Waals surface area contributed by atoms with Gasteiger partial charge in [0.25, 0.3) is 0 Å². The van der Waals surface area contributed by atoms with Gasteiger partial charge < -0.3 is 5.11 Å². The van der Waals surface area contributed by atoms with E-state index < -0.39 is 12.4 Å². The summed E-state index contributed by atoms with van der Waals surface area (Å²) in [6.45, 7) is 3.76. The maximum Gasteiger partial charge on any atom is 0.335 e. The van der Waals surface area contributed by atoms with Crippen LogP contribution in [-0.2, 0) is 6.42 Å². The Bertz CT molecular complexity index is 1420. The average molecular weight is 518 g/mol. The van der Waals surface area contributed by atoms with Gasteiger partial charge in [-0.2, -0.15) is 0 Å². The van der Waals surface area contributed by atoms with Gasteiger partial charge in [-0.05, 0) is 101 Å². The number of aromatic carboxylic acids is 1. The number of carbonyl (C=O) groups is 1. The van der Waals surface area contributed by atoms with Crippen molar-refractivity contribution < 1.29 is 23.1 Å². The number of alkyl halides is 2. The molecule has 196 valence electrons. The normalized spacial score (nSPS) is 15.8. The summed E-state index contributed by atoms with van der Waals surface area (Å²) in [4.78, 5) is 13.7. The molecule has 38 heavy (non-hydrogen) atoms. The third-order valence-electron chi connectivity index (χ3n) is 7.40. The van der Waals surface area contributed by atoms with E-state index in [1.54, 1.807) is 18.2 Å².